The zero-order valence-electron chi connectivity index (χ0n) is 40.1. The zero-order valence-corrected chi connectivity index (χ0v) is 41.0. The van der Waals surface area contributed by atoms with Crippen LogP contribution in [0.25, 0.3) is 0 Å². The molecule has 0 heterocycles. The predicted molar refractivity (Wildman–Crippen MR) is 261 cm³/mol. The lowest BCUT2D eigenvalue weighted by Gasteiger charge is -2.15. The third-order valence-electron chi connectivity index (χ3n) is 11.0. The van der Waals surface area contributed by atoms with Crippen LogP contribution in [0.15, 0.2) is 48.6 Å². The normalized spacial score (nSPS) is 13.5. The van der Waals surface area contributed by atoms with Crippen LogP contribution in [0.1, 0.15) is 239 Å². The van der Waals surface area contributed by atoms with E-state index in [2.05, 4.69) is 67.8 Å². The Bertz CT molecular complexity index is 1160. The summed E-state index contributed by atoms with van der Waals surface area (Å²) in [6.45, 7) is 3.54. The van der Waals surface area contributed by atoms with Crippen LogP contribution < -0.4 is 5.32 Å². The van der Waals surface area contributed by atoms with Gasteiger partial charge in [-0.15, -0.1) is 0 Å². The molecule has 0 spiro atoms. The van der Waals surface area contributed by atoms with Crippen molar-refractivity contribution in [2.45, 2.75) is 245 Å². The summed E-state index contributed by atoms with van der Waals surface area (Å²) in [4.78, 5) is 34.1. The molecule has 0 fully saturated rings. The second-order valence-corrected chi connectivity index (χ2v) is 18.6. The maximum atomic E-state index is 12.1. The van der Waals surface area contributed by atoms with Gasteiger partial charge in [-0.05, 0) is 57.8 Å². The van der Waals surface area contributed by atoms with Gasteiger partial charge < -0.3 is 20.1 Å². The van der Waals surface area contributed by atoms with Crippen LogP contribution in [0, 0.1) is 0 Å². The average molecular weight is 894 g/mol. The zero-order chi connectivity index (χ0) is 45.3. The van der Waals surface area contributed by atoms with Gasteiger partial charge in [-0.3, -0.25) is 18.6 Å². The van der Waals surface area contributed by atoms with E-state index in [0.29, 0.717) is 12.8 Å². The number of aliphatic hydroxyl groups is 1. The number of unbranched alkanes of at least 4 members (excludes halogenated alkanes) is 27. The highest BCUT2D eigenvalue weighted by molar-refractivity contribution is 7.47. The molecule has 0 rings (SSSR count). The lowest BCUT2D eigenvalue weighted by atomic mass is 10.0. The van der Waals surface area contributed by atoms with Crippen LogP contribution in [0.4, 0.5) is 0 Å². The first-order chi connectivity index (χ1) is 30.3. The molecular weight excluding hydrogens is 798 g/mol. The summed E-state index contributed by atoms with van der Waals surface area (Å²) >= 11 is 0. The lowest BCUT2D eigenvalue weighted by Crippen LogP contribution is -2.27. The van der Waals surface area contributed by atoms with Crippen molar-refractivity contribution in [3.8, 4) is 0 Å². The van der Waals surface area contributed by atoms with Crippen molar-refractivity contribution in [2.75, 3.05) is 26.4 Å². The Hall–Kier alpha value is -2.03. The molecule has 1 amide bonds. The Balaban J connectivity index is 3.58. The van der Waals surface area contributed by atoms with Gasteiger partial charge in [-0.2, -0.15) is 0 Å². The summed E-state index contributed by atoms with van der Waals surface area (Å²) in [6.07, 6.45) is 57.6. The number of hydrogen-bond acceptors (Lipinski definition) is 7. The van der Waals surface area contributed by atoms with E-state index in [1.165, 1.54) is 135 Å². The number of amides is 1. The number of rotatable bonds is 48. The highest BCUT2D eigenvalue weighted by Crippen LogP contribution is 2.42. The van der Waals surface area contributed by atoms with E-state index in [1.807, 2.05) is 0 Å². The Morgan fingerprint density at radius 2 is 0.871 bits per heavy atom. The summed E-state index contributed by atoms with van der Waals surface area (Å²) in [7, 11) is -4.43. The molecule has 3 N–H and O–H groups in total. The van der Waals surface area contributed by atoms with Gasteiger partial charge in [0.1, 0.15) is 12.7 Å². The standard InChI is InChI=1S/C52H96NO8P/c1-3-5-7-9-11-13-15-17-19-21-23-25-27-29-31-33-35-37-39-41-43-45-52(56)59-48-50(54)49-61-62(57,58)60-47-46-53-51(55)44-42-40-38-36-34-32-30-28-26-24-22-20-18-16-14-12-10-8-6-4-2/h11,13,17,19,23,25,29,31,50,54H,3-10,12,14-16,18,20-22,24,26-28,30,32-49H2,1-2H3,(H,53,55)(H,57,58)/b13-11-,19-17-,25-23-,31-29-. The number of phosphoric acid groups is 1. The Morgan fingerprint density at radius 3 is 1.34 bits per heavy atom. The molecule has 0 aromatic carbocycles. The van der Waals surface area contributed by atoms with Crippen LogP contribution in [0.5, 0.6) is 0 Å². The second-order valence-electron chi connectivity index (χ2n) is 17.1. The van der Waals surface area contributed by atoms with Gasteiger partial charge in [0.2, 0.25) is 5.91 Å². The van der Waals surface area contributed by atoms with E-state index < -0.39 is 26.5 Å². The van der Waals surface area contributed by atoms with Crippen LogP contribution in [-0.4, -0.2) is 54.3 Å². The minimum absolute atomic E-state index is 0.0808. The van der Waals surface area contributed by atoms with E-state index in [-0.39, 0.29) is 32.1 Å². The molecule has 0 aromatic rings. The fourth-order valence-corrected chi connectivity index (χ4v) is 7.89. The first kappa shape index (κ1) is 60.0. The van der Waals surface area contributed by atoms with Crippen LogP contribution in [-0.2, 0) is 27.9 Å². The third kappa shape index (κ3) is 49.0. The molecule has 0 saturated heterocycles. The highest BCUT2D eigenvalue weighted by atomic mass is 31.2. The molecule has 10 heteroatoms. The largest absolute Gasteiger partial charge is 0.472 e. The number of allylic oxidation sites excluding steroid dienone is 8. The van der Waals surface area contributed by atoms with Crippen molar-refractivity contribution < 1.29 is 37.9 Å². The van der Waals surface area contributed by atoms with E-state index in [9.17, 15) is 24.2 Å². The molecule has 0 aromatic heterocycles. The maximum Gasteiger partial charge on any atom is 0.472 e. The number of phosphoric ester groups is 1. The van der Waals surface area contributed by atoms with E-state index in [1.54, 1.807) is 0 Å². The van der Waals surface area contributed by atoms with Crippen molar-refractivity contribution >= 4 is 19.7 Å². The predicted octanol–water partition coefficient (Wildman–Crippen LogP) is 15.1. The van der Waals surface area contributed by atoms with Gasteiger partial charge in [0.05, 0.1) is 13.2 Å². The van der Waals surface area contributed by atoms with Crippen LogP contribution >= 0.6 is 7.82 Å². The SMILES string of the molecule is CCCCC/C=C\C/C=C\C/C=C\C/C=C\CCCCCCCC(=O)OCC(O)COP(=O)(O)OCCNC(=O)CCCCCCCCCCCCCCCCCCCCCC. The van der Waals surface area contributed by atoms with E-state index in [4.69, 9.17) is 13.8 Å². The number of esters is 1. The molecule has 362 valence electrons. The average Bonchev–Trinajstić information content (AvgIpc) is 3.26. The lowest BCUT2D eigenvalue weighted by molar-refractivity contribution is -0.147. The maximum absolute atomic E-state index is 12.1. The molecule has 0 aliphatic rings. The van der Waals surface area contributed by atoms with Crippen molar-refractivity contribution in [3.63, 3.8) is 0 Å². The van der Waals surface area contributed by atoms with E-state index in [0.717, 1.165) is 70.6 Å². The van der Waals surface area contributed by atoms with Crippen LogP contribution in [0.2, 0.25) is 0 Å². The van der Waals surface area contributed by atoms with Gasteiger partial charge >= 0.3 is 13.8 Å². The summed E-state index contributed by atoms with van der Waals surface area (Å²) in [5.41, 5.74) is 0. The molecular formula is C52H96NO8P. The van der Waals surface area contributed by atoms with Gasteiger partial charge in [-0.1, -0.05) is 217 Å². The van der Waals surface area contributed by atoms with Crippen molar-refractivity contribution in [2.24, 2.45) is 0 Å². The van der Waals surface area contributed by atoms with Crippen molar-refractivity contribution in [3.05, 3.63) is 48.6 Å². The monoisotopic (exact) mass is 894 g/mol. The minimum atomic E-state index is -4.43. The Kier molecular flexibility index (Phi) is 46.8. The van der Waals surface area contributed by atoms with Crippen LogP contribution in [0.3, 0.4) is 0 Å². The molecule has 0 aliphatic heterocycles. The van der Waals surface area contributed by atoms with Gasteiger partial charge in [0, 0.05) is 19.4 Å². The number of aliphatic hydroxyl groups excluding tert-OH is 1. The molecule has 0 bridgehead atoms. The molecule has 0 saturated carbocycles. The fraction of sp³-hybridized carbons (Fsp3) is 0.808. The number of nitrogens with one attached hydrogen (secondary N) is 1. The summed E-state index contributed by atoms with van der Waals surface area (Å²) < 4.78 is 27.0. The smallest absolute Gasteiger partial charge is 0.463 e. The number of carbonyl (C=O) groups is 2. The van der Waals surface area contributed by atoms with E-state index >= 15 is 0 Å². The summed E-state index contributed by atoms with van der Waals surface area (Å²) in [5, 5.41) is 12.7. The third-order valence-corrected chi connectivity index (χ3v) is 12.0. The number of carbonyl (C=O) groups excluding carboxylic acids is 2. The molecule has 2 atom stereocenters. The van der Waals surface area contributed by atoms with Crippen molar-refractivity contribution in [1.82, 2.24) is 5.32 Å². The summed E-state index contributed by atoms with van der Waals surface area (Å²) in [5.74, 6) is -0.528. The highest BCUT2D eigenvalue weighted by Gasteiger charge is 2.23. The topological polar surface area (TPSA) is 131 Å². The Morgan fingerprint density at radius 1 is 0.500 bits per heavy atom. The quantitative estimate of drug-likeness (QED) is 0.0238. The second kappa shape index (κ2) is 48.4. The molecule has 62 heavy (non-hydrogen) atoms. The number of hydrogen-bond donors (Lipinski definition) is 3. The first-order valence-electron chi connectivity index (χ1n) is 25.6. The molecule has 0 aliphatic carbocycles. The summed E-state index contributed by atoms with van der Waals surface area (Å²) in [6, 6.07) is 0. The fourth-order valence-electron chi connectivity index (χ4n) is 7.13. The van der Waals surface area contributed by atoms with Gasteiger partial charge in [0.15, 0.2) is 0 Å². The number of ether oxygens (including phenoxy) is 1. The Labute approximate surface area is 381 Å². The van der Waals surface area contributed by atoms with Gasteiger partial charge in [-0.25, -0.2) is 4.57 Å². The minimum Gasteiger partial charge on any atom is -0.463 e. The molecule has 0 radical (unpaired) electrons. The molecule has 9 nitrogen and oxygen atoms in total. The molecule has 2 unspecified atom stereocenters. The first-order valence-corrected chi connectivity index (χ1v) is 27.1. The van der Waals surface area contributed by atoms with Gasteiger partial charge in [0.25, 0.3) is 0 Å². The van der Waals surface area contributed by atoms with Crippen molar-refractivity contribution in [1.29, 1.82) is 0 Å².